The van der Waals surface area contributed by atoms with E-state index >= 15 is 0 Å². The summed E-state index contributed by atoms with van der Waals surface area (Å²) in [6.45, 7) is 4.88. The molecule has 2 unspecified atom stereocenters. The number of aliphatic hydroxyl groups is 1. The van der Waals surface area contributed by atoms with Crippen molar-refractivity contribution >= 4 is 11.6 Å². The van der Waals surface area contributed by atoms with Crippen LogP contribution in [-0.4, -0.2) is 24.3 Å². The molecular formula is C14H23ClN2O. The molecule has 0 radical (unpaired) electrons. The fourth-order valence-corrected chi connectivity index (χ4v) is 2.39. The number of aliphatic hydroxyl groups excluding tert-OH is 1. The number of benzene rings is 1. The summed E-state index contributed by atoms with van der Waals surface area (Å²) in [5.74, 6) is 0. The van der Waals surface area contributed by atoms with Gasteiger partial charge in [0.1, 0.15) is 0 Å². The molecule has 0 amide bonds. The van der Waals surface area contributed by atoms with Crippen molar-refractivity contribution in [2.24, 2.45) is 5.73 Å². The van der Waals surface area contributed by atoms with E-state index in [-0.39, 0.29) is 12.6 Å². The Kier molecular flexibility index (Phi) is 6.65. The third-order valence-electron chi connectivity index (χ3n) is 3.25. The average molecular weight is 271 g/mol. The molecule has 4 heteroatoms. The highest BCUT2D eigenvalue weighted by Crippen LogP contribution is 2.22. The van der Waals surface area contributed by atoms with Gasteiger partial charge in [-0.1, -0.05) is 24.6 Å². The van der Waals surface area contributed by atoms with Gasteiger partial charge < -0.3 is 16.2 Å². The van der Waals surface area contributed by atoms with Crippen LogP contribution in [0.15, 0.2) is 18.2 Å². The van der Waals surface area contributed by atoms with Crippen LogP contribution in [0.25, 0.3) is 0 Å². The maximum absolute atomic E-state index is 9.03. The number of nitrogens with one attached hydrogen (secondary N) is 1. The van der Waals surface area contributed by atoms with Crippen molar-refractivity contribution in [3.05, 3.63) is 34.3 Å². The second-order valence-electron chi connectivity index (χ2n) is 4.57. The molecule has 18 heavy (non-hydrogen) atoms. The van der Waals surface area contributed by atoms with Crippen molar-refractivity contribution < 1.29 is 5.11 Å². The number of hydrogen-bond acceptors (Lipinski definition) is 3. The predicted octanol–water partition coefficient (Wildman–Crippen LogP) is 2.40. The first-order valence-electron chi connectivity index (χ1n) is 6.45. The van der Waals surface area contributed by atoms with E-state index in [0.717, 1.165) is 23.4 Å². The van der Waals surface area contributed by atoms with E-state index < -0.39 is 0 Å². The number of halogens is 1. The standard InChI is InChI=1S/C14H23ClN2O/c1-3-12(6-7-18)17-14(9-16)13-5-4-11(15)8-10(13)2/h4-5,8,12,14,17-18H,3,6-7,9,16H2,1-2H3. The molecule has 0 saturated carbocycles. The highest BCUT2D eigenvalue weighted by molar-refractivity contribution is 6.30. The highest BCUT2D eigenvalue weighted by atomic mass is 35.5. The summed E-state index contributed by atoms with van der Waals surface area (Å²) in [7, 11) is 0. The van der Waals surface area contributed by atoms with Crippen molar-refractivity contribution in [3.8, 4) is 0 Å². The lowest BCUT2D eigenvalue weighted by Crippen LogP contribution is -2.37. The first-order valence-corrected chi connectivity index (χ1v) is 6.83. The summed E-state index contributed by atoms with van der Waals surface area (Å²) in [6, 6.07) is 6.26. The Labute approximate surface area is 114 Å². The van der Waals surface area contributed by atoms with Gasteiger partial charge in [-0.2, -0.15) is 0 Å². The Morgan fingerprint density at radius 3 is 2.67 bits per heavy atom. The third kappa shape index (κ3) is 4.25. The van der Waals surface area contributed by atoms with Gasteiger partial charge in [0.25, 0.3) is 0 Å². The smallest absolute Gasteiger partial charge is 0.0449 e. The third-order valence-corrected chi connectivity index (χ3v) is 3.49. The summed E-state index contributed by atoms with van der Waals surface area (Å²) in [5.41, 5.74) is 8.17. The van der Waals surface area contributed by atoms with Crippen LogP contribution in [-0.2, 0) is 0 Å². The molecule has 0 heterocycles. The zero-order valence-corrected chi connectivity index (χ0v) is 11.9. The zero-order valence-electron chi connectivity index (χ0n) is 11.1. The Morgan fingerprint density at radius 1 is 1.44 bits per heavy atom. The van der Waals surface area contributed by atoms with Crippen LogP contribution in [0.3, 0.4) is 0 Å². The van der Waals surface area contributed by atoms with Crippen LogP contribution in [0.2, 0.25) is 5.02 Å². The molecule has 0 fully saturated rings. The van der Waals surface area contributed by atoms with Gasteiger partial charge in [0.2, 0.25) is 0 Å². The predicted molar refractivity (Wildman–Crippen MR) is 76.9 cm³/mol. The maximum Gasteiger partial charge on any atom is 0.0449 e. The first kappa shape index (κ1) is 15.4. The molecule has 1 aromatic carbocycles. The maximum atomic E-state index is 9.03. The van der Waals surface area contributed by atoms with Gasteiger partial charge in [0.05, 0.1) is 0 Å². The van der Waals surface area contributed by atoms with Crippen LogP contribution < -0.4 is 11.1 Å². The summed E-state index contributed by atoms with van der Waals surface area (Å²) < 4.78 is 0. The number of aryl methyl sites for hydroxylation is 1. The fourth-order valence-electron chi connectivity index (χ4n) is 2.16. The van der Waals surface area contributed by atoms with Crippen LogP contribution in [0.5, 0.6) is 0 Å². The Bertz CT molecular complexity index is 371. The van der Waals surface area contributed by atoms with E-state index in [0.29, 0.717) is 12.6 Å². The van der Waals surface area contributed by atoms with Crippen molar-refractivity contribution in [3.63, 3.8) is 0 Å². The Morgan fingerprint density at radius 2 is 2.17 bits per heavy atom. The van der Waals surface area contributed by atoms with E-state index in [1.165, 1.54) is 5.56 Å². The largest absolute Gasteiger partial charge is 0.396 e. The molecule has 0 saturated heterocycles. The second kappa shape index (κ2) is 7.74. The molecule has 0 aliphatic heterocycles. The monoisotopic (exact) mass is 270 g/mol. The molecule has 0 aliphatic rings. The summed E-state index contributed by atoms with van der Waals surface area (Å²) in [4.78, 5) is 0. The van der Waals surface area contributed by atoms with Crippen LogP contribution >= 0.6 is 11.6 Å². The van der Waals surface area contributed by atoms with Crippen molar-refractivity contribution in [2.75, 3.05) is 13.2 Å². The van der Waals surface area contributed by atoms with Gasteiger partial charge >= 0.3 is 0 Å². The van der Waals surface area contributed by atoms with Crippen molar-refractivity contribution in [2.45, 2.75) is 38.8 Å². The quantitative estimate of drug-likeness (QED) is 0.713. The molecule has 1 aromatic rings. The topological polar surface area (TPSA) is 58.3 Å². The summed E-state index contributed by atoms with van der Waals surface area (Å²) >= 11 is 5.96. The van der Waals surface area contributed by atoms with E-state index in [9.17, 15) is 0 Å². The fraction of sp³-hybridized carbons (Fsp3) is 0.571. The average Bonchev–Trinajstić information content (AvgIpc) is 2.35. The Hall–Kier alpha value is -0.610. The lowest BCUT2D eigenvalue weighted by molar-refractivity contribution is 0.255. The highest BCUT2D eigenvalue weighted by Gasteiger charge is 2.16. The number of hydrogen-bond donors (Lipinski definition) is 3. The molecule has 1 rings (SSSR count). The first-order chi connectivity index (χ1) is 8.62. The molecule has 2 atom stereocenters. The van der Waals surface area contributed by atoms with Gasteiger partial charge in [-0.15, -0.1) is 0 Å². The van der Waals surface area contributed by atoms with Crippen LogP contribution in [0.4, 0.5) is 0 Å². The molecule has 0 spiro atoms. The van der Waals surface area contributed by atoms with E-state index in [1.54, 1.807) is 0 Å². The van der Waals surface area contributed by atoms with Gasteiger partial charge in [-0.05, 0) is 43.0 Å². The normalized spacial score (nSPS) is 14.5. The van der Waals surface area contributed by atoms with Crippen molar-refractivity contribution in [1.29, 1.82) is 0 Å². The second-order valence-corrected chi connectivity index (χ2v) is 5.01. The zero-order chi connectivity index (χ0) is 13.5. The molecular weight excluding hydrogens is 248 g/mol. The van der Waals surface area contributed by atoms with Crippen LogP contribution in [0, 0.1) is 6.92 Å². The van der Waals surface area contributed by atoms with E-state index in [4.69, 9.17) is 22.4 Å². The van der Waals surface area contributed by atoms with Gasteiger partial charge in [-0.3, -0.25) is 0 Å². The van der Waals surface area contributed by atoms with Crippen LogP contribution in [0.1, 0.15) is 36.9 Å². The molecule has 0 bridgehead atoms. The summed E-state index contributed by atoms with van der Waals surface area (Å²) in [5, 5.41) is 13.3. The minimum atomic E-state index is 0.110. The lowest BCUT2D eigenvalue weighted by atomic mass is 9.99. The summed E-state index contributed by atoms with van der Waals surface area (Å²) in [6.07, 6.45) is 1.73. The number of nitrogens with two attached hydrogens (primary N) is 1. The minimum Gasteiger partial charge on any atom is -0.396 e. The molecule has 3 nitrogen and oxygen atoms in total. The van der Waals surface area contributed by atoms with Gasteiger partial charge in [-0.25, -0.2) is 0 Å². The molecule has 4 N–H and O–H groups in total. The van der Waals surface area contributed by atoms with Gasteiger partial charge in [0.15, 0.2) is 0 Å². The van der Waals surface area contributed by atoms with E-state index in [2.05, 4.69) is 12.2 Å². The van der Waals surface area contributed by atoms with Gasteiger partial charge in [0, 0.05) is 30.3 Å². The Balaban J connectivity index is 2.81. The molecule has 0 aromatic heterocycles. The molecule has 0 aliphatic carbocycles. The lowest BCUT2D eigenvalue weighted by Gasteiger charge is -2.25. The molecule has 102 valence electrons. The minimum absolute atomic E-state index is 0.110. The van der Waals surface area contributed by atoms with E-state index in [1.807, 2.05) is 25.1 Å². The SMILES string of the molecule is CCC(CCO)NC(CN)c1ccc(Cl)cc1C. The van der Waals surface area contributed by atoms with Crippen molar-refractivity contribution in [1.82, 2.24) is 5.32 Å². The number of rotatable bonds is 7.